The lowest BCUT2D eigenvalue weighted by molar-refractivity contribution is 0.312. The number of nitrogens with one attached hydrogen (secondary N) is 1. The Bertz CT molecular complexity index is 622. The maximum atomic E-state index is 5.37. The molecule has 0 unspecified atom stereocenters. The molecular formula is C15H19N3O2. The van der Waals surface area contributed by atoms with Crippen LogP contribution < -0.4 is 9.47 Å². The Balaban J connectivity index is 2.03. The van der Waals surface area contributed by atoms with Crippen LogP contribution in [0.3, 0.4) is 0 Å². The van der Waals surface area contributed by atoms with Gasteiger partial charge in [-0.25, -0.2) is 0 Å². The van der Waals surface area contributed by atoms with Crippen LogP contribution in [0.5, 0.6) is 11.5 Å². The van der Waals surface area contributed by atoms with Crippen molar-refractivity contribution in [2.24, 2.45) is 0 Å². The molecule has 2 heterocycles. The van der Waals surface area contributed by atoms with Crippen LogP contribution in [0.25, 0.3) is 11.3 Å². The molecule has 5 nitrogen and oxygen atoms in total. The molecule has 0 saturated carbocycles. The van der Waals surface area contributed by atoms with Crippen molar-refractivity contribution >= 4 is 0 Å². The topological polar surface area (TPSA) is 50.4 Å². The first-order valence-electron chi connectivity index (χ1n) is 6.70. The zero-order valence-corrected chi connectivity index (χ0v) is 12.1. The van der Waals surface area contributed by atoms with Gasteiger partial charge in [0, 0.05) is 36.3 Å². The molecule has 0 spiro atoms. The summed E-state index contributed by atoms with van der Waals surface area (Å²) in [5, 5.41) is 7.65. The monoisotopic (exact) mass is 273 g/mol. The summed E-state index contributed by atoms with van der Waals surface area (Å²) in [6.07, 6.45) is 1.02. The molecule has 0 amide bonds. The molecule has 1 aliphatic heterocycles. The third-order valence-electron chi connectivity index (χ3n) is 3.78. The smallest absolute Gasteiger partial charge is 0.161 e. The van der Waals surface area contributed by atoms with Crippen LogP contribution in [0, 0.1) is 0 Å². The number of aromatic nitrogens is 2. The summed E-state index contributed by atoms with van der Waals surface area (Å²) in [5.74, 6) is 1.46. The van der Waals surface area contributed by atoms with E-state index in [1.54, 1.807) is 14.2 Å². The second-order valence-corrected chi connectivity index (χ2v) is 5.09. The molecule has 5 heteroatoms. The molecule has 1 aromatic heterocycles. The Morgan fingerprint density at radius 2 is 2.00 bits per heavy atom. The molecule has 0 aliphatic carbocycles. The number of nitrogens with zero attached hydrogens (tertiary/aromatic N) is 2. The van der Waals surface area contributed by atoms with Gasteiger partial charge in [0.05, 0.1) is 19.9 Å². The van der Waals surface area contributed by atoms with E-state index < -0.39 is 0 Å². The molecule has 0 radical (unpaired) electrons. The summed E-state index contributed by atoms with van der Waals surface area (Å²) < 4.78 is 10.6. The Morgan fingerprint density at radius 1 is 1.20 bits per heavy atom. The molecule has 0 fully saturated rings. The van der Waals surface area contributed by atoms with Crippen LogP contribution in [0.4, 0.5) is 0 Å². The minimum atomic E-state index is 0.728. The van der Waals surface area contributed by atoms with E-state index in [2.05, 4.69) is 22.1 Å². The average molecular weight is 273 g/mol. The second kappa shape index (κ2) is 5.17. The fourth-order valence-corrected chi connectivity index (χ4v) is 2.65. The Kier molecular flexibility index (Phi) is 3.36. The SMILES string of the molecule is COc1ccc(-c2n[nH]c3c2CN(C)CC3)cc1OC. The van der Waals surface area contributed by atoms with E-state index in [1.165, 1.54) is 11.3 Å². The highest BCUT2D eigenvalue weighted by Gasteiger charge is 2.21. The van der Waals surface area contributed by atoms with E-state index in [4.69, 9.17) is 9.47 Å². The molecule has 1 N–H and O–H groups in total. The number of likely N-dealkylation sites (N-methyl/N-ethyl adjacent to an activating group) is 1. The van der Waals surface area contributed by atoms with Crippen LogP contribution in [-0.4, -0.2) is 42.9 Å². The fourth-order valence-electron chi connectivity index (χ4n) is 2.65. The average Bonchev–Trinajstić information content (AvgIpc) is 2.89. The number of fused-ring (bicyclic) bond motifs is 1. The summed E-state index contributed by atoms with van der Waals surface area (Å²) in [5.41, 5.74) is 4.59. The molecule has 0 saturated heterocycles. The van der Waals surface area contributed by atoms with Gasteiger partial charge in [-0.15, -0.1) is 0 Å². The first-order valence-corrected chi connectivity index (χ1v) is 6.70. The lowest BCUT2D eigenvalue weighted by atomic mass is 10.0. The van der Waals surface area contributed by atoms with E-state index in [0.29, 0.717) is 0 Å². The van der Waals surface area contributed by atoms with E-state index in [0.717, 1.165) is 42.3 Å². The van der Waals surface area contributed by atoms with Crippen LogP contribution in [-0.2, 0) is 13.0 Å². The Hall–Kier alpha value is -2.01. The van der Waals surface area contributed by atoms with Crippen LogP contribution in [0.1, 0.15) is 11.3 Å². The summed E-state index contributed by atoms with van der Waals surface area (Å²) in [4.78, 5) is 2.31. The molecule has 2 aromatic rings. The number of aromatic amines is 1. The lowest BCUT2D eigenvalue weighted by Gasteiger charge is -2.22. The third-order valence-corrected chi connectivity index (χ3v) is 3.78. The predicted octanol–water partition coefficient (Wildman–Crippen LogP) is 2.08. The van der Waals surface area contributed by atoms with E-state index >= 15 is 0 Å². The highest BCUT2D eigenvalue weighted by molar-refractivity contribution is 5.67. The predicted molar refractivity (Wildman–Crippen MR) is 77.2 cm³/mol. The van der Waals surface area contributed by atoms with Crippen molar-refractivity contribution in [1.82, 2.24) is 15.1 Å². The molecule has 1 aliphatic rings. The van der Waals surface area contributed by atoms with Crippen molar-refractivity contribution in [3.63, 3.8) is 0 Å². The van der Waals surface area contributed by atoms with Crippen molar-refractivity contribution in [2.75, 3.05) is 27.8 Å². The number of H-pyrrole nitrogens is 1. The quantitative estimate of drug-likeness (QED) is 0.930. The van der Waals surface area contributed by atoms with Crippen LogP contribution >= 0.6 is 0 Å². The molecule has 3 rings (SSSR count). The largest absolute Gasteiger partial charge is 0.493 e. The van der Waals surface area contributed by atoms with Gasteiger partial charge in [-0.1, -0.05) is 0 Å². The van der Waals surface area contributed by atoms with Crippen molar-refractivity contribution < 1.29 is 9.47 Å². The summed E-state index contributed by atoms with van der Waals surface area (Å²) in [7, 11) is 5.42. The van der Waals surface area contributed by atoms with Gasteiger partial charge in [-0.2, -0.15) is 5.10 Å². The van der Waals surface area contributed by atoms with Gasteiger partial charge in [0.1, 0.15) is 0 Å². The maximum absolute atomic E-state index is 5.37. The zero-order chi connectivity index (χ0) is 14.1. The fraction of sp³-hybridized carbons (Fsp3) is 0.400. The van der Waals surface area contributed by atoms with Gasteiger partial charge in [0.25, 0.3) is 0 Å². The number of hydrogen-bond acceptors (Lipinski definition) is 4. The lowest BCUT2D eigenvalue weighted by Crippen LogP contribution is -2.26. The van der Waals surface area contributed by atoms with Crippen LogP contribution in [0.15, 0.2) is 18.2 Å². The van der Waals surface area contributed by atoms with E-state index in [-0.39, 0.29) is 0 Å². The van der Waals surface area contributed by atoms with Gasteiger partial charge < -0.3 is 14.4 Å². The third kappa shape index (κ3) is 2.14. The molecule has 0 bridgehead atoms. The normalized spacial score (nSPS) is 14.9. The standard InChI is InChI=1S/C15H19N3O2/c1-18-7-6-12-11(9-18)15(17-16-12)10-4-5-13(19-2)14(8-10)20-3/h4-5,8H,6-7,9H2,1-3H3,(H,16,17). The molecule has 106 valence electrons. The Labute approximate surface area is 118 Å². The number of benzene rings is 1. The van der Waals surface area contributed by atoms with Crippen LogP contribution in [0.2, 0.25) is 0 Å². The molecule has 0 atom stereocenters. The summed E-state index contributed by atoms with van der Waals surface area (Å²) in [6, 6.07) is 5.91. The van der Waals surface area contributed by atoms with Crippen molar-refractivity contribution in [3.8, 4) is 22.8 Å². The van der Waals surface area contributed by atoms with E-state index in [9.17, 15) is 0 Å². The van der Waals surface area contributed by atoms with Gasteiger partial charge in [-0.05, 0) is 25.2 Å². The van der Waals surface area contributed by atoms with Crippen molar-refractivity contribution in [3.05, 3.63) is 29.5 Å². The first kappa shape index (κ1) is 13.0. The number of hydrogen-bond donors (Lipinski definition) is 1. The van der Waals surface area contributed by atoms with Crippen molar-refractivity contribution in [2.45, 2.75) is 13.0 Å². The minimum absolute atomic E-state index is 0.728. The summed E-state index contributed by atoms with van der Waals surface area (Å²) >= 11 is 0. The van der Waals surface area contributed by atoms with Gasteiger partial charge in [0.15, 0.2) is 11.5 Å². The second-order valence-electron chi connectivity index (χ2n) is 5.09. The maximum Gasteiger partial charge on any atom is 0.161 e. The molecular weight excluding hydrogens is 254 g/mol. The van der Waals surface area contributed by atoms with E-state index in [1.807, 2.05) is 18.2 Å². The highest BCUT2D eigenvalue weighted by Crippen LogP contribution is 2.34. The first-order chi connectivity index (χ1) is 9.72. The van der Waals surface area contributed by atoms with Gasteiger partial charge in [-0.3, -0.25) is 5.10 Å². The zero-order valence-electron chi connectivity index (χ0n) is 12.1. The number of rotatable bonds is 3. The highest BCUT2D eigenvalue weighted by atomic mass is 16.5. The Morgan fingerprint density at radius 3 is 2.75 bits per heavy atom. The number of ether oxygens (including phenoxy) is 2. The summed E-state index contributed by atoms with van der Waals surface area (Å²) in [6.45, 7) is 2.00. The molecule has 1 aromatic carbocycles. The van der Waals surface area contributed by atoms with Gasteiger partial charge in [0.2, 0.25) is 0 Å². The van der Waals surface area contributed by atoms with Gasteiger partial charge >= 0.3 is 0 Å². The number of methoxy groups -OCH3 is 2. The van der Waals surface area contributed by atoms with Crippen molar-refractivity contribution in [1.29, 1.82) is 0 Å². The molecule has 20 heavy (non-hydrogen) atoms. The minimum Gasteiger partial charge on any atom is -0.493 e.